The van der Waals surface area contributed by atoms with Crippen molar-refractivity contribution in [3.05, 3.63) is 58.1 Å². The van der Waals surface area contributed by atoms with Gasteiger partial charge in [0.25, 0.3) is 0 Å². The number of para-hydroxylation sites is 2. The van der Waals surface area contributed by atoms with Crippen LogP contribution >= 0.6 is 23.2 Å². The van der Waals surface area contributed by atoms with Crippen LogP contribution in [0.5, 0.6) is 11.5 Å². The van der Waals surface area contributed by atoms with Gasteiger partial charge in [0.15, 0.2) is 11.5 Å². The largest absolute Gasteiger partial charge is 0.490 e. The van der Waals surface area contributed by atoms with Crippen molar-refractivity contribution in [3.63, 3.8) is 0 Å². The summed E-state index contributed by atoms with van der Waals surface area (Å²) in [5, 5.41) is 1.02. The van der Waals surface area contributed by atoms with Crippen LogP contribution in [0.25, 0.3) is 0 Å². The third-order valence-electron chi connectivity index (χ3n) is 5.17. The predicted octanol–water partition coefficient (Wildman–Crippen LogP) is 4.89. The number of benzene rings is 2. The average molecular weight is 451 g/mol. The molecule has 0 unspecified atom stereocenters. The molecule has 0 aromatic heterocycles. The summed E-state index contributed by atoms with van der Waals surface area (Å²) in [6.45, 7) is 5.13. The number of likely N-dealkylation sites (N-methyl/N-ethyl adjacent to an activating group) is 1. The van der Waals surface area contributed by atoms with Crippen molar-refractivity contribution in [2.24, 2.45) is 0 Å². The minimum absolute atomic E-state index is 0.0853. The number of likely N-dealkylation sites (tertiary alicyclic amines) is 1. The lowest BCUT2D eigenvalue weighted by molar-refractivity contribution is -0.132. The average Bonchev–Trinajstić information content (AvgIpc) is 2.73. The van der Waals surface area contributed by atoms with Crippen molar-refractivity contribution in [1.82, 2.24) is 9.80 Å². The Bertz CT molecular complexity index is 854. The molecule has 3 rings (SSSR count). The summed E-state index contributed by atoms with van der Waals surface area (Å²) in [6, 6.07) is 13.2. The van der Waals surface area contributed by atoms with Gasteiger partial charge in [0, 0.05) is 26.7 Å². The van der Waals surface area contributed by atoms with E-state index >= 15 is 0 Å². The van der Waals surface area contributed by atoms with Crippen LogP contribution in [0.2, 0.25) is 10.0 Å². The van der Waals surface area contributed by atoms with Gasteiger partial charge in [-0.25, -0.2) is 0 Å². The van der Waals surface area contributed by atoms with E-state index in [1.165, 1.54) is 0 Å². The first kappa shape index (κ1) is 22.7. The van der Waals surface area contributed by atoms with Crippen molar-refractivity contribution >= 4 is 29.1 Å². The molecule has 1 aliphatic heterocycles. The number of carbonyl (C=O) groups excluding carboxylic acids is 1. The first-order valence-electron chi connectivity index (χ1n) is 10.2. The van der Waals surface area contributed by atoms with Gasteiger partial charge in [-0.1, -0.05) is 41.4 Å². The lowest BCUT2D eigenvalue weighted by Gasteiger charge is -2.33. The zero-order valence-electron chi connectivity index (χ0n) is 17.4. The molecule has 2 aromatic rings. The number of halogens is 2. The minimum Gasteiger partial charge on any atom is -0.490 e. The number of hydrogen-bond donors (Lipinski definition) is 0. The maximum absolute atomic E-state index is 12.6. The fraction of sp³-hybridized carbons (Fsp3) is 0.435. The van der Waals surface area contributed by atoms with Gasteiger partial charge in [-0.05, 0) is 49.6 Å². The van der Waals surface area contributed by atoms with Gasteiger partial charge in [-0.15, -0.1) is 0 Å². The first-order valence-corrected chi connectivity index (χ1v) is 11.0. The van der Waals surface area contributed by atoms with Crippen LogP contribution in [0.15, 0.2) is 42.5 Å². The number of carbonyl (C=O) groups is 1. The molecule has 162 valence electrons. The second kappa shape index (κ2) is 10.9. The molecule has 1 aliphatic rings. The van der Waals surface area contributed by atoms with E-state index in [4.69, 9.17) is 32.7 Å². The SMILES string of the molecule is CCOc1ccccc1OC1CCN(CC(=O)N(C)Cc2ccc(Cl)c(Cl)c2)CC1. The Kier molecular flexibility index (Phi) is 8.25. The molecule has 7 heteroatoms. The summed E-state index contributed by atoms with van der Waals surface area (Å²) in [4.78, 5) is 16.5. The highest BCUT2D eigenvalue weighted by atomic mass is 35.5. The van der Waals surface area contributed by atoms with Gasteiger partial charge in [0.2, 0.25) is 5.91 Å². The maximum atomic E-state index is 12.6. The van der Waals surface area contributed by atoms with Crippen molar-refractivity contribution in [2.45, 2.75) is 32.4 Å². The summed E-state index contributed by atoms with van der Waals surface area (Å²) >= 11 is 12.0. The Balaban J connectivity index is 1.46. The van der Waals surface area contributed by atoms with E-state index in [0.717, 1.165) is 43.0 Å². The van der Waals surface area contributed by atoms with Gasteiger partial charge in [-0.2, -0.15) is 0 Å². The molecule has 0 bridgehead atoms. The topological polar surface area (TPSA) is 42.0 Å². The first-order chi connectivity index (χ1) is 14.5. The number of hydrogen-bond acceptors (Lipinski definition) is 4. The lowest BCUT2D eigenvalue weighted by Crippen LogP contribution is -2.44. The van der Waals surface area contributed by atoms with E-state index in [0.29, 0.717) is 29.7 Å². The fourth-order valence-electron chi connectivity index (χ4n) is 3.50. The highest BCUT2D eigenvalue weighted by Crippen LogP contribution is 2.29. The van der Waals surface area contributed by atoms with Gasteiger partial charge in [0.05, 0.1) is 23.2 Å². The van der Waals surface area contributed by atoms with Crippen molar-refractivity contribution in [2.75, 3.05) is 33.3 Å². The monoisotopic (exact) mass is 450 g/mol. The summed E-state index contributed by atoms with van der Waals surface area (Å²) in [5.74, 6) is 1.65. The Labute approximate surface area is 188 Å². The van der Waals surface area contributed by atoms with Crippen molar-refractivity contribution in [1.29, 1.82) is 0 Å². The van der Waals surface area contributed by atoms with Gasteiger partial charge in [-0.3, -0.25) is 9.69 Å². The van der Waals surface area contributed by atoms with Crippen LogP contribution in [-0.4, -0.2) is 55.1 Å². The summed E-state index contributed by atoms with van der Waals surface area (Å²) in [5.41, 5.74) is 0.959. The molecule has 0 spiro atoms. The van der Waals surface area contributed by atoms with E-state index in [9.17, 15) is 4.79 Å². The molecule has 1 fully saturated rings. The molecule has 0 N–H and O–H groups in total. The standard InChI is InChI=1S/C23H28Cl2N2O3/c1-3-29-21-6-4-5-7-22(21)30-18-10-12-27(13-11-18)16-23(28)26(2)15-17-8-9-19(24)20(25)14-17/h4-9,14,18H,3,10-13,15-16H2,1-2H3. The Morgan fingerprint density at radius 3 is 2.47 bits per heavy atom. The molecule has 30 heavy (non-hydrogen) atoms. The number of rotatable bonds is 8. The fourth-order valence-corrected chi connectivity index (χ4v) is 3.82. The minimum atomic E-state index is 0.0853. The molecule has 2 aromatic carbocycles. The molecule has 1 heterocycles. The number of ether oxygens (including phenoxy) is 2. The van der Waals surface area contributed by atoms with Gasteiger partial charge in [0.1, 0.15) is 6.10 Å². The maximum Gasteiger partial charge on any atom is 0.236 e. The molecule has 5 nitrogen and oxygen atoms in total. The third kappa shape index (κ3) is 6.27. The quantitative estimate of drug-likeness (QED) is 0.573. The van der Waals surface area contributed by atoms with Crippen LogP contribution in [0, 0.1) is 0 Å². The molecular formula is C23H28Cl2N2O3. The number of amides is 1. The second-order valence-corrected chi connectivity index (χ2v) is 8.29. The van der Waals surface area contributed by atoms with Crippen molar-refractivity contribution < 1.29 is 14.3 Å². The van der Waals surface area contributed by atoms with Crippen molar-refractivity contribution in [3.8, 4) is 11.5 Å². The van der Waals surface area contributed by atoms with Crippen LogP contribution < -0.4 is 9.47 Å². The summed E-state index contributed by atoms with van der Waals surface area (Å²) in [7, 11) is 1.81. The zero-order chi connectivity index (χ0) is 21.5. The Morgan fingerprint density at radius 2 is 1.80 bits per heavy atom. The Morgan fingerprint density at radius 1 is 1.10 bits per heavy atom. The van der Waals surface area contributed by atoms with Crippen LogP contribution in [0.1, 0.15) is 25.3 Å². The molecule has 0 saturated carbocycles. The molecule has 0 radical (unpaired) electrons. The third-order valence-corrected chi connectivity index (χ3v) is 5.90. The van der Waals surface area contributed by atoms with E-state index in [2.05, 4.69) is 4.90 Å². The summed E-state index contributed by atoms with van der Waals surface area (Å²) < 4.78 is 11.8. The lowest BCUT2D eigenvalue weighted by atomic mass is 10.1. The van der Waals surface area contributed by atoms with Crippen LogP contribution in [0.4, 0.5) is 0 Å². The molecule has 0 aliphatic carbocycles. The van der Waals surface area contributed by atoms with E-state index in [1.54, 1.807) is 17.0 Å². The predicted molar refractivity (Wildman–Crippen MR) is 121 cm³/mol. The van der Waals surface area contributed by atoms with E-state index in [1.807, 2.05) is 44.3 Å². The Hall–Kier alpha value is -1.95. The molecule has 0 atom stereocenters. The van der Waals surface area contributed by atoms with E-state index < -0.39 is 0 Å². The highest BCUT2D eigenvalue weighted by Gasteiger charge is 2.24. The molecule has 1 amide bonds. The van der Waals surface area contributed by atoms with Gasteiger partial charge >= 0.3 is 0 Å². The van der Waals surface area contributed by atoms with Crippen LogP contribution in [0.3, 0.4) is 0 Å². The van der Waals surface area contributed by atoms with Gasteiger partial charge < -0.3 is 14.4 Å². The normalized spacial score (nSPS) is 15.1. The highest BCUT2D eigenvalue weighted by molar-refractivity contribution is 6.42. The second-order valence-electron chi connectivity index (χ2n) is 7.47. The zero-order valence-corrected chi connectivity index (χ0v) is 19.0. The summed E-state index contributed by atoms with van der Waals surface area (Å²) in [6.07, 6.45) is 1.89. The smallest absolute Gasteiger partial charge is 0.236 e. The molecule has 1 saturated heterocycles. The van der Waals surface area contributed by atoms with E-state index in [-0.39, 0.29) is 12.0 Å². The molecular weight excluding hydrogens is 423 g/mol. The number of nitrogens with zero attached hydrogens (tertiary/aromatic N) is 2. The van der Waals surface area contributed by atoms with Crippen LogP contribution in [-0.2, 0) is 11.3 Å². The number of piperidine rings is 1.